The molecule has 0 bridgehead atoms. The molecule has 1 aliphatic carbocycles. The van der Waals surface area contributed by atoms with Crippen molar-refractivity contribution in [3.05, 3.63) is 10.6 Å². The number of nitrogens with one attached hydrogen (secondary N) is 1. The molecular formula is C16H29N3S. The van der Waals surface area contributed by atoms with E-state index in [4.69, 9.17) is 4.98 Å². The number of hydrogen-bond donors (Lipinski definition) is 1. The standard InChI is InChI=1S/C16H29N3S/c1-6-12(4)15-14(9-17-5)20-16(18-15)19(10-11(2)3)13-7-8-13/h11-13,17H,6-10H2,1-5H3. The zero-order valence-corrected chi connectivity index (χ0v) is 14.4. The third-order valence-electron chi connectivity index (χ3n) is 3.93. The first-order valence-electron chi connectivity index (χ1n) is 7.97. The molecule has 0 saturated heterocycles. The summed E-state index contributed by atoms with van der Waals surface area (Å²) in [5, 5.41) is 4.54. The third kappa shape index (κ3) is 3.73. The van der Waals surface area contributed by atoms with Crippen LogP contribution in [-0.2, 0) is 6.54 Å². The topological polar surface area (TPSA) is 28.2 Å². The lowest BCUT2D eigenvalue weighted by Crippen LogP contribution is -2.29. The highest BCUT2D eigenvalue weighted by atomic mass is 32.1. The predicted molar refractivity (Wildman–Crippen MR) is 88.8 cm³/mol. The minimum Gasteiger partial charge on any atom is -0.345 e. The monoisotopic (exact) mass is 295 g/mol. The van der Waals surface area contributed by atoms with E-state index in [0.717, 1.165) is 25.6 Å². The highest BCUT2D eigenvalue weighted by Crippen LogP contribution is 2.38. The van der Waals surface area contributed by atoms with Crippen molar-refractivity contribution in [2.24, 2.45) is 5.92 Å². The van der Waals surface area contributed by atoms with Gasteiger partial charge in [-0.15, -0.1) is 11.3 Å². The van der Waals surface area contributed by atoms with Crippen molar-refractivity contribution in [1.82, 2.24) is 10.3 Å². The Balaban J connectivity index is 2.25. The second-order valence-corrected chi connectivity index (χ2v) is 7.48. The summed E-state index contributed by atoms with van der Waals surface area (Å²) in [4.78, 5) is 9.00. The lowest BCUT2D eigenvalue weighted by Gasteiger charge is -2.23. The molecule has 0 spiro atoms. The molecule has 4 heteroatoms. The van der Waals surface area contributed by atoms with Crippen molar-refractivity contribution in [2.75, 3.05) is 18.5 Å². The number of nitrogens with zero attached hydrogens (tertiary/aromatic N) is 2. The van der Waals surface area contributed by atoms with Gasteiger partial charge in [0, 0.05) is 24.0 Å². The molecule has 1 aromatic heterocycles. The Morgan fingerprint density at radius 2 is 2.05 bits per heavy atom. The molecular weight excluding hydrogens is 266 g/mol. The van der Waals surface area contributed by atoms with E-state index < -0.39 is 0 Å². The summed E-state index contributed by atoms with van der Waals surface area (Å²) < 4.78 is 0. The fraction of sp³-hybridized carbons (Fsp3) is 0.812. The van der Waals surface area contributed by atoms with Gasteiger partial charge < -0.3 is 10.2 Å². The van der Waals surface area contributed by atoms with Gasteiger partial charge in [-0.3, -0.25) is 0 Å². The van der Waals surface area contributed by atoms with Gasteiger partial charge in [-0.2, -0.15) is 0 Å². The van der Waals surface area contributed by atoms with Crippen LogP contribution in [0.1, 0.15) is 63.4 Å². The Morgan fingerprint density at radius 1 is 1.35 bits per heavy atom. The van der Waals surface area contributed by atoms with Crippen LogP contribution in [0.2, 0.25) is 0 Å². The maximum Gasteiger partial charge on any atom is 0.186 e. The highest BCUT2D eigenvalue weighted by Gasteiger charge is 2.32. The van der Waals surface area contributed by atoms with Gasteiger partial charge in [0.15, 0.2) is 5.13 Å². The lowest BCUT2D eigenvalue weighted by molar-refractivity contribution is 0.604. The van der Waals surface area contributed by atoms with E-state index in [2.05, 4.69) is 37.9 Å². The van der Waals surface area contributed by atoms with E-state index in [1.165, 1.54) is 28.5 Å². The van der Waals surface area contributed by atoms with Crippen LogP contribution in [0.4, 0.5) is 5.13 Å². The highest BCUT2D eigenvalue weighted by molar-refractivity contribution is 7.15. The van der Waals surface area contributed by atoms with E-state index in [1.807, 2.05) is 18.4 Å². The van der Waals surface area contributed by atoms with Gasteiger partial charge in [-0.25, -0.2) is 4.98 Å². The summed E-state index contributed by atoms with van der Waals surface area (Å²) in [6.45, 7) is 11.2. The van der Waals surface area contributed by atoms with Crippen molar-refractivity contribution in [3.8, 4) is 0 Å². The summed E-state index contributed by atoms with van der Waals surface area (Å²) in [7, 11) is 2.02. The Bertz CT molecular complexity index is 423. The molecule has 1 atom stereocenters. The van der Waals surface area contributed by atoms with Crippen LogP contribution in [-0.4, -0.2) is 24.6 Å². The Morgan fingerprint density at radius 3 is 2.55 bits per heavy atom. The second-order valence-electron chi connectivity index (χ2n) is 6.42. The zero-order valence-electron chi connectivity index (χ0n) is 13.6. The van der Waals surface area contributed by atoms with Gasteiger partial charge in [-0.1, -0.05) is 27.7 Å². The SMILES string of the molecule is CCC(C)c1nc(N(CC(C)C)C2CC2)sc1CNC. The van der Waals surface area contributed by atoms with Crippen LogP contribution in [0.5, 0.6) is 0 Å². The van der Waals surface area contributed by atoms with Crippen molar-refractivity contribution in [1.29, 1.82) is 0 Å². The van der Waals surface area contributed by atoms with Gasteiger partial charge in [0.1, 0.15) is 0 Å². The second kappa shape index (κ2) is 6.90. The largest absolute Gasteiger partial charge is 0.345 e. The van der Waals surface area contributed by atoms with Gasteiger partial charge in [0.2, 0.25) is 0 Å². The molecule has 1 saturated carbocycles. The Labute approximate surface area is 127 Å². The Hall–Kier alpha value is -0.610. The van der Waals surface area contributed by atoms with Crippen molar-refractivity contribution in [2.45, 2.75) is 65.5 Å². The molecule has 0 aliphatic heterocycles. The lowest BCUT2D eigenvalue weighted by atomic mass is 10.0. The molecule has 20 heavy (non-hydrogen) atoms. The van der Waals surface area contributed by atoms with E-state index in [1.54, 1.807) is 0 Å². The molecule has 0 radical (unpaired) electrons. The van der Waals surface area contributed by atoms with E-state index in [-0.39, 0.29) is 0 Å². The normalized spacial score (nSPS) is 16.7. The van der Waals surface area contributed by atoms with Crippen LogP contribution >= 0.6 is 11.3 Å². The molecule has 114 valence electrons. The first kappa shape index (κ1) is 15.8. The number of thiazole rings is 1. The maximum absolute atomic E-state index is 5.02. The molecule has 3 nitrogen and oxygen atoms in total. The minimum absolute atomic E-state index is 0.559. The molecule has 1 N–H and O–H groups in total. The average molecular weight is 295 g/mol. The molecule has 1 fully saturated rings. The summed E-state index contributed by atoms with van der Waals surface area (Å²) in [6.07, 6.45) is 3.84. The number of rotatable bonds is 8. The zero-order chi connectivity index (χ0) is 14.7. The van der Waals surface area contributed by atoms with Crippen molar-refractivity contribution < 1.29 is 0 Å². The van der Waals surface area contributed by atoms with Crippen LogP contribution in [0, 0.1) is 5.92 Å². The molecule has 1 unspecified atom stereocenters. The molecule has 0 aromatic carbocycles. The molecule has 1 heterocycles. The summed E-state index contributed by atoms with van der Waals surface area (Å²) >= 11 is 1.90. The maximum atomic E-state index is 5.02. The summed E-state index contributed by atoms with van der Waals surface area (Å²) in [5.74, 6) is 1.25. The predicted octanol–water partition coefficient (Wildman–Crippen LogP) is 4.00. The van der Waals surface area contributed by atoms with Crippen LogP contribution in [0.15, 0.2) is 0 Å². The van der Waals surface area contributed by atoms with Crippen LogP contribution < -0.4 is 10.2 Å². The fourth-order valence-corrected chi connectivity index (χ4v) is 3.78. The van der Waals surface area contributed by atoms with Gasteiger partial charge in [-0.05, 0) is 38.1 Å². The Kier molecular flexibility index (Phi) is 5.44. The van der Waals surface area contributed by atoms with E-state index in [0.29, 0.717) is 11.8 Å². The summed E-state index contributed by atoms with van der Waals surface area (Å²) in [5.41, 5.74) is 1.32. The number of hydrogen-bond acceptors (Lipinski definition) is 4. The number of aromatic nitrogens is 1. The molecule has 1 aliphatic rings. The van der Waals surface area contributed by atoms with Gasteiger partial charge >= 0.3 is 0 Å². The van der Waals surface area contributed by atoms with Crippen molar-refractivity contribution in [3.63, 3.8) is 0 Å². The number of anilines is 1. The van der Waals surface area contributed by atoms with Crippen LogP contribution in [0.25, 0.3) is 0 Å². The van der Waals surface area contributed by atoms with E-state index >= 15 is 0 Å². The first-order chi connectivity index (χ1) is 9.56. The average Bonchev–Trinajstić information content (AvgIpc) is 3.16. The van der Waals surface area contributed by atoms with Gasteiger partial charge in [0.05, 0.1) is 5.69 Å². The smallest absolute Gasteiger partial charge is 0.186 e. The summed E-state index contributed by atoms with van der Waals surface area (Å²) in [6, 6.07) is 0.746. The van der Waals surface area contributed by atoms with Crippen LogP contribution in [0.3, 0.4) is 0 Å². The fourth-order valence-electron chi connectivity index (χ4n) is 2.50. The van der Waals surface area contributed by atoms with Crippen molar-refractivity contribution >= 4 is 16.5 Å². The van der Waals surface area contributed by atoms with Gasteiger partial charge in [0.25, 0.3) is 0 Å². The molecule has 0 amide bonds. The third-order valence-corrected chi connectivity index (χ3v) is 5.04. The molecule has 1 aromatic rings. The van der Waals surface area contributed by atoms with E-state index in [9.17, 15) is 0 Å². The first-order valence-corrected chi connectivity index (χ1v) is 8.79. The molecule has 2 rings (SSSR count). The quantitative estimate of drug-likeness (QED) is 0.785. The minimum atomic E-state index is 0.559.